The summed E-state index contributed by atoms with van der Waals surface area (Å²) in [6.07, 6.45) is 0.560. The zero-order chi connectivity index (χ0) is 13.9. The van der Waals surface area contributed by atoms with E-state index < -0.39 is 11.5 Å². The van der Waals surface area contributed by atoms with Gasteiger partial charge in [0.1, 0.15) is 5.54 Å². The molecule has 1 fully saturated rings. The number of hydrogen-bond donors (Lipinski definition) is 2. The zero-order valence-corrected chi connectivity index (χ0v) is 11.8. The van der Waals surface area contributed by atoms with Gasteiger partial charge < -0.3 is 15.2 Å². The quantitative estimate of drug-likeness (QED) is 0.887. The molecule has 1 aromatic rings. The van der Waals surface area contributed by atoms with Crippen LogP contribution in [0, 0.1) is 0 Å². The number of ether oxygens (including phenoxy) is 1. The molecule has 1 heterocycles. The van der Waals surface area contributed by atoms with Crippen LogP contribution in [0.15, 0.2) is 28.7 Å². The van der Waals surface area contributed by atoms with Gasteiger partial charge in [-0.05, 0) is 18.2 Å². The number of nitrogens with one attached hydrogen (secondary N) is 1. The largest absolute Gasteiger partial charge is 0.480 e. The Morgan fingerprint density at radius 1 is 1.32 bits per heavy atom. The fourth-order valence-electron chi connectivity index (χ4n) is 2.03. The summed E-state index contributed by atoms with van der Waals surface area (Å²) in [5.41, 5.74) is -0.793. The molecule has 6 heteroatoms. The van der Waals surface area contributed by atoms with Crippen LogP contribution in [0.1, 0.15) is 23.2 Å². The highest BCUT2D eigenvalue weighted by molar-refractivity contribution is 9.10. The maximum atomic E-state index is 12.1. The average molecular weight is 328 g/mol. The van der Waals surface area contributed by atoms with Gasteiger partial charge >= 0.3 is 5.97 Å². The van der Waals surface area contributed by atoms with E-state index in [4.69, 9.17) is 4.74 Å². The molecule has 19 heavy (non-hydrogen) atoms. The van der Waals surface area contributed by atoms with Gasteiger partial charge in [0.25, 0.3) is 5.91 Å². The van der Waals surface area contributed by atoms with Crippen LogP contribution in [-0.2, 0) is 9.53 Å². The summed E-state index contributed by atoms with van der Waals surface area (Å²) in [6, 6.07) is 6.84. The van der Waals surface area contributed by atoms with Gasteiger partial charge in [-0.1, -0.05) is 22.0 Å². The first kappa shape index (κ1) is 14.0. The Balaban J connectivity index is 2.18. The normalized spacial score (nSPS) is 17.7. The van der Waals surface area contributed by atoms with Crippen molar-refractivity contribution in [1.82, 2.24) is 5.32 Å². The standard InChI is InChI=1S/C13H14BrNO4/c14-10-3-1-2-9(8-10)11(16)15-13(12(17)18)4-6-19-7-5-13/h1-3,8H,4-7H2,(H,15,16)(H,17,18). The molecule has 0 unspecified atom stereocenters. The maximum absolute atomic E-state index is 12.1. The van der Waals surface area contributed by atoms with E-state index >= 15 is 0 Å². The Bertz CT molecular complexity index is 497. The molecule has 1 saturated heterocycles. The van der Waals surface area contributed by atoms with E-state index in [1.807, 2.05) is 0 Å². The van der Waals surface area contributed by atoms with Crippen molar-refractivity contribution in [3.63, 3.8) is 0 Å². The SMILES string of the molecule is O=C(NC1(C(=O)O)CCOCC1)c1cccc(Br)c1. The van der Waals surface area contributed by atoms with Gasteiger partial charge in [-0.3, -0.25) is 4.79 Å². The number of carbonyl (C=O) groups is 2. The van der Waals surface area contributed by atoms with E-state index in [0.717, 1.165) is 4.47 Å². The van der Waals surface area contributed by atoms with Crippen LogP contribution < -0.4 is 5.32 Å². The number of hydrogen-bond acceptors (Lipinski definition) is 3. The summed E-state index contributed by atoms with van der Waals surface area (Å²) in [6.45, 7) is 0.677. The molecule has 0 aromatic heterocycles. The lowest BCUT2D eigenvalue weighted by molar-refractivity contribution is -0.148. The molecular weight excluding hydrogens is 314 g/mol. The van der Waals surface area contributed by atoms with Crippen molar-refractivity contribution in [2.45, 2.75) is 18.4 Å². The first-order valence-corrected chi connectivity index (χ1v) is 6.72. The molecule has 1 aliphatic rings. The molecule has 102 valence electrons. The van der Waals surface area contributed by atoms with Gasteiger partial charge in [0, 0.05) is 36.1 Å². The number of amides is 1. The monoisotopic (exact) mass is 327 g/mol. The summed E-state index contributed by atoms with van der Waals surface area (Å²) in [5, 5.41) is 12.0. The lowest BCUT2D eigenvalue weighted by Crippen LogP contribution is -2.57. The Morgan fingerprint density at radius 3 is 2.58 bits per heavy atom. The van der Waals surface area contributed by atoms with E-state index in [1.165, 1.54) is 0 Å². The van der Waals surface area contributed by atoms with Crippen molar-refractivity contribution in [2.75, 3.05) is 13.2 Å². The molecule has 0 radical (unpaired) electrons. The van der Waals surface area contributed by atoms with Crippen molar-refractivity contribution < 1.29 is 19.4 Å². The van der Waals surface area contributed by atoms with Gasteiger partial charge in [0.2, 0.25) is 0 Å². The minimum atomic E-state index is -1.22. The van der Waals surface area contributed by atoms with E-state index in [9.17, 15) is 14.7 Å². The van der Waals surface area contributed by atoms with Crippen LogP contribution in [0.25, 0.3) is 0 Å². The number of benzene rings is 1. The van der Waals surface area contributed by atoms with Crippen LogP contribution >= 0.6 is 15.9 Å². The lowest BCUT2D eigenvalue weighted by Gasteiger charge is -2.33. The van der Waals surface area contributed by atoms with E-state index in [-0.39, 0.29) is 18.7 Å². The number of halogens is 1. The number of carbonyl (C=O) groups excluding carboxylic acids is 1. The molecule has 2 N–H and O–H groups in total. The molecular formula is C13H14BrNO4. The number of rotatable bonds is 3. The van der Waals surface area contributed by atoms with Gasteiger partial charge in [-0.25, -0.2) is 4.79 Å². The average Bonchev–Trinajstić information content (AvgIpc) is 2.39. The smallest absolute Gasteiger partial charge is 0.329 e. The molecule has 5 nitrogen and oxygen atoms in total. The number of aliphatic carboxylic acids is 1. The Hall–Kier alpha value is -1.40. The van der Waals surface area contributed by atoms with E-state index in [2.05, 4.69) is 21.2 Å². The predicted molar refractivity (Wildman–Crippen MR) is 72.0 cm³/mol. The van der Waals surface area contributed by atoms with Crippen LogP contribution in [0.4, 0.5) is 0 Å². The second-order valence-electron chi connectivity index (χ2n) is 4.46. The first-order valence-electron chi connectivity index (χ1n) is 5.93. The molecule has 0 bridgehead atoms. The topological polar surface area (TPSA) is 75.6 Å². The molecule has 0 atom stereocenters. The molecule has 1 amide bonds. The Labute approximate surface area is 119 Å². The Morgan fingerprint density at radius 2 is 2.00 bits per heavy atom. The van der Waals surface area contributed by atoms with Crippen molar-refractivity contribution >= 4 is 27.8 Å². The summed E-state index contributed by atoms with van der Waals surface area (Å²) >= 11 is 3.28. The minimum Gasteiger partial charge on any atom is -0.480 e. The third kappa shape index (κ3) is 3.13. The van der Waals surface area contributed by atoms with Crippen LogP contribution in [0.2, 0.25) is 0 Å². The summed E-state index contributed by atoms with van der Waals surface area (Å²) in [5.74, 6) is -1.40. The fraction of sp³-hybridized carbons (Fsp3) is 0.385. The molecule has 1 aromatic carbocycles. The lowest BCUT2D eigenvalue weighted by atomic mass is 9.89. The van der Waals surface area contributed by atoms with E-state index in [1.54, 1.807) is 24.3 Å². The van der Waals surface area contributed by atoms with Crippen LogP contribution in [0.5, 0.6) is 0 Å². The predicted octanol–water partition coefficient (Wildman–Crippen LogP) is 1.81. The third-order valence-corrected chi connectivity index (χ3v) is 3.69. The van der Waals surface area contributed by atoms with Gasteiger partial charge in [-0.2, -0.15) is 0 Å². The maximum Gasteiger partial charge on any atom is 0.329 e. The van der Waals surface area contributed by atoms with Crippen LogP contribution in [0.3, 0.4) is 0 Å². The van der Waals surface area contributed by atoms with Gasteiger partial charge in [0.15, 0.2) is 0 Å². The zero-order valence-electron chi connectivity index (χ0n) is 10.2. The highest BCUT2D eigenvalue weighted by Crippen LogP contribution is 2.22. The van der Waals surface area contributed by atoms with Crippen molar-refractivity contribution in [2.24, 2.45) is 0 Å². The van der Waals surface area contributed by atoms with Crippen LogP contribution in [-0.4, -0.2) is 35.7 Å². The second-order valence-corrected chi connectivity index (χ2v) is 5.38. The minimum absolute atomic E-state index is 0.280. The number of carboxylic acid groups (broad SMARTS) is 1. The summed E-state index contributed by atoms with van der Waals surface area (Å²) in [7, 11) is 0. The summed E-state index contributed by atoms with van der Waals surface area (Å²) in [4.78, 5) is 23.6. The van der Waals surface area contributed by atoms with Crippen molar-refractivity contribution in [1.29, 1.82) is 0 Å². The first-order chi connectivity index (χ1) is 9.03. The molecule has 2 rings (SSSR count). The molecule has 0 spiro atoms. The molecule has 1 aliphatic heterocycles. The van der Waals surface area contributed by atoms with Crippen molar-refractivity contribution in [3.05, 3.63) is 34.3 Å². The second kappa shape index (κ2) is 5.71. The highest BCUT2D eigenvalue weighted by Gasteiger charge is 2.41. The van der Waals surface area contributed by atoms with Gasteiger partial charge in [-0.15, -0.1) is 0 Å². The Kier molecular flexibility index (Phi) is 4.21. The fourth-order valence-corrected chi connectivity index (χ4v) is 2.43. The van der Waals surface area contributed by atoms with Crippen molar-refractivity contribution in [3.8, 4) is 0 Å². The van der Waals surface area contributed by atoms with Gasteiger partial charge in [0.05, 0.1) is 0 Å². The number of carboxylic acids is 1. The molecule has 0 aliphatic carbocycles. The molecule has 0 saturated carbocycles. The highest BCUT2D eigenvalue weighted by atomic mass is 79.9. The van der Waals surface area contributed by atoms with E-state index in [0.29, 0.717) is 18.8 Å². The third-order valence-electron chi connectivity index (χ3n) is 3.20. The summed E-state index contributed by atoms with van der Waals surface area (Å²) < 4.78 is 5.93.